The van der Waals surface area contributed by atoms with Gasteiger partial charge in [-0.25, -0.2) is 17.6 Å². The van der Waals surface area contributed by atoms with Crippen molar-refractivity contribution in [1.29, 1.82) is 0 Å². The summed E-state index contributed by atoms with van der Waals surface area (Å²) in [6.07, 6.45) is -0.936. The molecule has 1 aromatic heterocycles. The lowest BCUT2D eigenvalue weighted by atomic mass is 9.88. The molecule has 4 amide bonds. The topological polar surface area (TPSA) is 182 Å². The second-order valence-electron chi connectivity index (χ2n) is 17.5. The molecule has 0 spiro atoms. The summed E-state index contributed by atoms with van der Waals surface area (Å²) in [4.78, 5) is 62.4. The minimum Gasteiger partial charge on any atom is -0.477 e. The molecule has 0 radical (unpaired) electrons. The summed E-state index contributed by atoms with van der Waals surface area (Å²) in [5.74, 6) is -3.51. The molecule has 4 heterocycles. The van der Waals surface area contributed by atoms with Gasteiger partial charge in [-0.3, -0.25) is 19.1 Å². The maximum Gasteiger partial charge on any atom is 0.427 e. The first kappa shape index (κ1) is 43.4. The van der Waals surface area contributed by atoms with Crippen LogP contribution in [0, 0.1) is 17.8 Å². The van der Waals surface area contributed by atoms with Crippen LogP contribution in [0.4, 0.5) is 22.4 Å². The molecule has 1 saturated heterocycles. The van der Waals surface area contributed by atoms with Crippen LogP contribution >= 0.6 is 0 Å². The first-order chi connectivity index (χ1) is 28.2. The van der Waals surface area contributed by atoms with Crippen LogP contribution in [0.25, 0.3) is 10.8 Å². The van der Waals surface area contributed by atoms with Gasteiger partial charge in [-0.05, 0) is 88.5 Å². The van der Waals surface area contributed by atoms with Crippen LogP contribution in [-0.4, -0.2) is 102 Å². The van der Waals surface area contributed by atoms with Crippen LogP contribution in [0.5, 0.6) is 11.8 Å². The maximum atomic E-state index is 14.8. The van der Waals surface area contributed by atoms with Gasteiger partial charge in [0.15, 0.2) is 0 Å². The second kappa shape index (κ2) is 16.0. The van der Waals surface area contributed by atoms with E-state index < -0.39 is 92.6 Å². The van der Waals surface area contributed by atoms with Crippen LogP contribution in [0.2, 0.25) is 0 Å². The summed E-state index contributed by atoms with van der Waals surface area (Å²) in [5, 5.41) is 6.62. The number of nitrogens with zero attached hydrogens (tertiary/aromatic N) is 2. The highest BCUT2D eigenvalue weighted by molar-refractivity contribution is 7.91. The van der Waals surface area contributed by atoms with Crippen LogP contribution in [0.15, 0.2) is 36.4 Å². The molecule has 328 valence electrons. The Morgan fingerprint density at radius 3 is 2.50 bits per heavy atom. The first-order valence-electron chi connectivity index (χ1n) is 20.4. The van der Waals surface area contributed by atoms with Crippen molar-refractivity contribution in [3.63, 3.8) is 0 Å². The normalized spacial score (nSPS) is 29.9. The van der Waals surface area contributed by atoms with Gasteiger partial charge in [0, 0.05) is 23.3 Å². The number of carbonyl (C=O) groups is 4. The minimum atomic E-state index is -4.93. The van der Waals surface area contributed by atoms with Gasteiger partial charge in [0.2, 0.25) is 39.2 Å². The zero-order valence-electron chi connectivity index (χ0n) is 33.9. The number of alkyl carbamates (subject to hydrolysis) is 1. The van der Waals surface area contributed by atoms with E-state index >= 15 is 0 Å². The minimum absolute atomic E-state index is 0.0163. The zero-order valence-corrected chi connectivity index (χ0v) is 34.7. The van der Waals surface area contributed by atoms with Crippen molar-refractivity contribution in [1.82, 2.24) is 25.2 Å². The predicted molar refractivity (Wildman–Crippen MR) is 209 cm³/mol. The van der Waals surface area contributed by atoms with Crippen molar-refractivity contribution >= 4 is 44.6 Å². The number of amides is 4. The lowest BCUT2D eigenvalue weighted by Crippen LogP contribution is -2.60. The SMILES string of the molecule is C[C@H]1CC/C=C\[C@@H]2C[C@@]2(C(=O)NS(=O)(=O)C2(CF)CC2)NC(=O)[C@@H]2C[C@@H](Oc3nc4c(c5ccccc35)CCCO4)CN2C(=O)[C@@H](NC(=O)OC(C)(C)C(F)(F)F)[C@H](C)C1. The third-order valence-corrected chi connectivity index (χ3v) is 14.7. The van der Waals surface area contributed by atoms with Crippen molar-refractivity contribution < 1.29 is 59.4 Å². The number of hydrogen-bond donors (Lipinski definition) is 3. The van der Waals surface area contributed by atoms with Crippen LogP contribution in [0.3, 0.4) is 0 Å². The fourth-order valence-electron chi connectivity index (χ4n) is 8.49. The largest absolute Gasteiger partial charge is 0.477 e. The number of benzene rings is 1. The Hall–Kier alpha value is -4.68. The highest BCUT2D eigenvalue weighted by atomic mass is 32.2. The van der Waals surface area contributed by atoms with Gasteiger partial charge in [-0.15, -0.1) is 0 Å². The molecule has 7 rings (SSSR count). The molecule has 1 aromatic carbocycles. The summed E-state index contributed by atoms with van der Waals surface area (Å²) in [6, 6.07) is 4.56. The van der Waals surface area contributed by atoms with Crippen LogP contribution in [0.1, 0.15) is 84.6 Å². The number of rotatable bonds is 8. The Kier molecular flexibility index (Phi) is 11.6. The van der Waals surface area contributed by atoms with Gasteiger partial charge >= 0.3 is 12.3 Å². The summed E-state index contributed by atoms with van der Waals surface area (Å²) < 4.78 is 99.1. The number of nitrogens with one attached hydrogen (secondary N) is 3. The third-order valence-electron chi connectivity index (χ3n) is 12.6. The monoisotopic (exact) mass is 865 g/mol. The van der Waals surface area contributed by atoms with E-state index in [4.69, 9.17) is 14.2 Å². The number of sulfonamides is 1. The molecule has 2 aromatic rings. The van der Waals surface area contributed by atoms with E-state index in [1.807, 2.05) is 42.0 Å². The number of aromatic nitrogens is 1. The Balaban J connectivity index is 1.24. The standard InChI is InChI=1S/C41H51F4N5O9S/c1-23-10-5-6-11-25-20-40(25,36(53)49-60(55,56)39(22-42)15-16-39)48-32(51)30-19-26(58-34-29-13-8-7-12-27(29)28-14-9-17-57-33(28)47-34)21-50(30)35(52)31(24(2)18-23)46-37(54)59-38(3,4)41(43,44)45/h6-8,11-13,23-26,30-31H,5,9-10,14-22H2,1-4H3,(H,46,54)(H,48,51)(H,49,53)/b11-6-/t23-,24+,25+,26+,30-,31-,40+/m0/s1. The molecule has 0 bridgehead atoms. The molecule has 7 atom stereocenters. The smallest absolute Gasteiger partial charge is 0.427 e. The summed E-state index contributed by atoms with van der Waals surface area (Å²) in [5.41, 5.74) is -3.76. The van der Waals surface area contributed by atoms with E-state index in [0.717, 1.165) is 28.7 Å². The highest BCUT2D eigenvalue weighted by Gasteiger charge is 2.64. The van der Waals surface area contributed by atoms with Crippen LogP contribution in [-0.2, 0) is 35.6 Å². The summed E-state index contributed by atoms with van der Waals surface area (Å²) in [7, 11) is -4.47. The van der Waals surface area contributed by atoms with E-state index in [2.05, 4.69) is 15.6 Å². The van der Waals surface area contributed by atoms with Crippen LogP contribution < -0.4 is 24.8 Å². The van der Waals surface area contributed by atoms with E-state index in [9.17, 15) is 45.2 Å². The number of aryl methyl sites for hydroxylation is 1. The van der Waals surface area contributed by atoms with Crippen molar-refractivity contribution in [3.05, 3.63) is 42.0 Å². The zero-order chi connectivity index (χ0) is 43.4. The number of ether oxygens (including phenoxy) is 3. The van der Waals surface area contributed by atoms with Gasteiger partial charge in [-0.2, -0.15) is 18.2 Å². The Morgan fingerprint density at radius 2 is 1.82 bits per heavy atom. The Bertz CT molecular complexity index is 2180. The summed E-state index contributed by atoms with van der Waals surface area (Å²) >= 11 is 0. The van der Waals surface area contributed by atoms with E-state index in [-0.39, 0.29) is 44.0 Å². The van der Waals surface area contributed by atoms with Gasteiger partial charge in [0.05, 0.1) is 13.2 Å². The number of pyridine rings is 1. The second-order valence-corrected chi connectivity index (χ2v) is 19.6. The van der Waals surface area contributed by atoms with Crippen molar-refractivity contribution in [3.8, 4) is 11.8 Å². The number of fused-ring (bicyclic) bond motifs is 5. The molecular formula is C41H51F4N5O9S. The number of hydrogen-bond acceptors (Lipinski definition) is 10. The average Bonchev–Trinajstić information content (AvgIpc) is 4.09. The predicted octanol–water partition coefficient (Wildman–Crippen LogP) is 5.18. The average molecular weight is 866 g/mol. The summed E-state index contributed by atoms with van der Waals surface area (Å²) in [6.45, 7) is 3.96. The molecule has 3 N–H and O–H groups in total. The quantitative estimate of drug-likeness (QED) is 0.236. The number of allylic oxidation sites excluding steroid dienone is 1. The molecule has 2 saturated carbocycles. The molecule has 5 aliphatic rings. The van der Waals surface area contributed by atoms with Crippen molar-refractivity contribution in [2.24, 2.45) is 17.8 Å². The Morgan fingerprint density at radius 1 is 1.10 bits per heavy atom. The third kappa shape index (κ3) is 8.34. The van der Waals surface area contributed by atoms with Gasteiger partial charge in [0.1, 0.15) is 35.1 Å². The molecule has 0 unspecified atom stereocenters. The Labute approximate surface area is 345 Å². The molecule has 14 nitrogen and oxygen atoms in total. The van der Waals surface area contributed by atoms with Gasteiger partial charge < -0.3 is 29.7 Å². The molecule has 3 fully saturated rings. The lowest BCUT2D eigenvalue weighted by Gasteiger charge is -2.34. The lowest BCUT2D eigenvalue weighted by molar-refractivity contribution is -0.244. The van der Waals surface area contributed by atoms with E-state index in [1.165, 1.54) is 0 Å². The van der Waals surface area contributed by atoms with E-state index in [1.54, 1.807) is 13.0 Å². The first-order valence-corrected chi connectivity index (χ1v) is 21.9. The van der Waals surface area contributed by atoms with Gasteiger partial charge in [-0.1, -0.05) is 44.2 Å². The molecular weight excluding hydrogens is 815 g/mol. The molecule has 3 aliphatic heterocycles. The van der Waals surface area contributed by atoms with Crippen molar-refractivity contribution in [2.45, 2.75) is 126 Å². The molecule has 19 heteroatoms. The maximum absolute atomic E-state index is 14.8. The highest BCUT2D eigenvalue weighted by Crippen LogP contribution is 2.48. The molecule has 60 heavy (non-hydrogen) atoms. The fraction of sp³-hybridized carbons (Fsp3) is 0.634. The molecule has 2 aliphatic carbocycles. The van der Waals surface area contributed by atoms with Crippen molar-refractivity contribution in [2.75, 3.05) is 19.8 Å². The number of alkyl halides is 4. The number of carbonyl (C=O) groups excluding carboxylic acids is 4. The van der Waals surface area contributed by atoms with E-state index in [0.29, 0.717) is 51.0 Å². The van der Waals surface area contributed by atoms with Gasteiger partial charge in [0.25, 0.3) is 5.91 Å². The fourth-order valence-corrected chi connectivity index (χ4v) is 9.92. The number of halogens is 4.